The maximum absolute atomic E-state index is 13.1. The summed E-state index contributed by atoms with van der Waals surface area (Å²) >= 11 is 0. The van der Waals surface area contributed by atoms with Gasteiger partial charge >= 0.3 is 0 Å². The number of carbonyl (C=O) groups excluding carboxylic acids is 1. The number of methoxy groups -OCH3 is 1. The lowest BCUT2D eigenvalue weighted by atomic mass is 9.97. The van der Waals surface area contributed by atoms with Gasteiger partial charge in [0.25, 0.3) is 0 Å². The van der Waals surface area contributed by atoms with E-state index in [-0.39, 0.29) is 5.91 Å². The van der Waals surface area contributed by atoms with Crippen LogP contribution in [0.2, 0.25) is 0 Å². The number of aromatic nitrogens is 1. The van der Waals surface area contributed by atoms with Crippen LogP contribution < -0.4 is 9.64 Å². The maximum Gasteiger partial charge on any atom is 0.222 e. The number of unbranched alkanes of at least 4 members (excludes halogenated alkanes) is 1. The molecule has 204 valence electrons. The Morgan fingerprint density at radius 1 is 0.850 bits per heavy atom. The molecule has 40 heavy (non-hydrogen) atoms. The van der Waals surface area contributed by atoms with Crippen LogP contribution in [0, 0.1) is 6.92 Å². The number of H-pyrrole nitrogens is 1. The van der Waals surface area contributed by atoms with E-state index < -0.39 is 0 Å². The Labute approximate surface area is 236 Å². The highest BCUT2D eigenvalue weighted by Gasteiger charge is 2.22. The van der Waals surface area contributed by atoms with Gasteiger partial charge in [0, 0.05) is 49.2 Å². The number of hydrogen-bond donors (Lipinski definition) is 1. The maximum atomic E-state index is 13.1. The lowest BCUT2D eigenvalue weighted by Crippen LogP contribution is -2.48. The zero-order chi connectivity index (χ0) is 27.5. The molecule has 0 atom stereocenters. The van der Waals surface area contributed by atoms with Crippen molar-refractivity contribution in [3.05, 3.63) is 96.1 Å². The first-order chi connectivity index (χ1) is 19.6. The molecule has 1 aromatic heterocycles. The highest BCUT2D eigenvalue weighted by molar-refractivity contribution is 5.94. The number of carbonyl (C=O) groups is 1. The number of hydrogen-bond acceptors (Lipinski definition) is 3. The van der Waals surface area contributed by atoms with Crippen molar-refractivity contribution in [2.24, 2.45) is 0 Å². The number of amides is 1. The van der Waals surface area contributed by atoms with Gasteiger partial charge in [0.1, 0.15) is 5.75 Å². The summed E-state index contributed by atoms with van der Waals surface area (Å²) in [4.78, 5) is 21.1. The van der Waals surface area contributed by atoms with E-state index in [1.54, 1.807) is 7.11 Å². The van der Waals surface area contributed by atoms with Gasteiger partial charge in [-0.2, -0.15) is 0 Å². The minimum atomic E-state index is 0.268. The van der Waals surface area contributed by atoms with Crippen molar-refractivity contribution in [3.8, 4) is 17.0 Å². The third-order valence-corrected chi connectivity index (χ3v) is 8.23. The number of nitrogens with one attached hydrogen (secondary N) is 1. The number of anilines is 1. The molecular weight excluding hydrogens is 494 g/mol. The third-order valence-electron chi connectivity index (χ3n) is 8.23. The minimum Gasteiger partial charge on any atom is -0.495 e. The summed E-state index contributed by atoms with van der Waals surface area (Å²) in [6, 6.07) is 30.0. The largest absolute Gasteiger partial charge is 0.495 e. The van der Waals surface area contributed by atoms with Crippen molar-refractivity contribution in [3.63, 3.8) is 0 Å². The highest BCUT2D eigenvalue weighted by Crippen LogP contribution is 2.34. The van der Waals surface area contributed by atoms with Crippen molar-refractivity contribution in [1.82, 2.24) is 9.88 Å². The Kier molecular flexibility index (Phi) is 7.45. The van der Waals surface area contributed by atoms with Crippen LogP contribution in [0.3, 0.4) is 0 Å². The highest BCUT2D eigenvalue weighted by atomic mass is 16.5. The summed E-state index contributed by atoms with van der Waals surface area (Å²) in [5, 5.41) is 3.79. The quantitative estimate of drug-likeness (QED) is 0.213. The van der Waals surface area contributed by atoms with Gasteiger partial charge in [-0.05, 0) is 78.4 Å². The van der Waals surface area contributed by atoms with Gasteiger partial charge in [0.2, 0.25) is 5.91 Å². The second-order valence-corrected chi connectivity index (χ2v) is 10.8. The number of piperazine rings is 1. The van der Waals surface area contributed by atoms with Gasteiger partial charge in [-0.25, -0.2) is 0 Å². The summed E-state index contributed by atoms with van der Waals surface area (Å²) in [6.07, 6.45) is 3.41. The number of fused-ring (bicyclic) bond motifs is 2. The van der Waals surface area contributed by atoms with Gasteiger partial charge in [-0.3, -0.25) is 4.79 Å². The first-order valence-corrected chi connectivity index (χ1v) is 14.4. The van der Waals surface area contributed by atoms with Crippen LogP contribution in [0.25, 0.3) is 32.9 Å². The number of para-hydroxylation sites is 2. The second-order valence-electron chi connectivity index (χ2n) is 10.8. The molecule has 4 aromatic carbocycles. The smallest absolute Gasteiger partial charge is 0.222 e. The van der Waals surface area contributed by atoms with Crippen molar-refractivity contribution in [2.75, 3.05) is 38.2 Å². The first-order valence-electron chi connectivity index (χ1n) is 14.4. The van der Waals surface area contributed by atoms with Crippen LogP contribution in [0.4, 0.5) is 5.69 Å². The molecule has 1 aliphatic heterocycles. The topological polar surface area (TPSA) is 48.6 Å². The van der Waals surface area contributed by atoms with Crippen LogP contribution in [0.15, 0.2) is 84.9 Å². The lowest BCUT2D eigenvalue weighted by molar-refractivity contribution is -0.131. The van der Waals surface area contributed by atoms with Crippen LogP contribution in [0.5, 0.6) is 5.75 Å². The van der Waals surface area contributed by atoms with E-state index in [4.69, 9.17) is 4.74 Å². The molecule has 6 rings (SSSR count). The van der Waals surface area contributed by atoms with E-state index in [1.807, 2.05) is 23.1 Å². The Morgan fingerprint density at radius 2 is 1.62 bits per heavy atom. The molecule has 5 heteroatoms. The molecule has 0 bridgehead atoms. The predicted molar refractivity (Wildman–Crippen MR) is 165 cm³/mol. The van der Waals surface area contributed by atoms with Crippen molar-refractivity contribution in [2.45, 2.75) is 32.6 Å². The molecule has 0 aliphatic carbocycles. The lowest BCUT2D eigenvalue weighted by Gasteiger charge is -2.36. The average molecular weight is 532 g/mol. The zero-order valence-corrected chi connectivity index (χ0v) is 23.5. The summed E-state index contributed by atoms with van der Waals surface area (Å²) in [5.74, 6) is 1.15. The van der Waals surface area contributed by atoms with Gasteiger partial charge in [-0.15, -0.1) is 0 Å². The predicted octanol–water partition coefficient (Wildman–Crippen LogP) is 7.37. The zero-order valence-electron chi connectivity index (χ0n) is 23.5. The van der Waals surface area contributed by atoms with Crippen molar-refractivity contribution in [1.29, 1.82) is 0 Å². The molecule has 0 spiro atoms. The van der Waals surface area contributed by atoms with Crippen molar-refractivity contribution < 1.29 is 9.53 Å². The SMILES string of the molecule is COc1ccccc1N1CCN(C(=O)CCCCc2c(-c3ccc4ccccc4c3)[nH]c3ccc(C)cc23)CC1. The number of ether oxygens (including phenoxy) is 1. The van der Waals surface area contributed by atoms with Crippen LogP contribution in [-0.2, 0) is 11.2 Å². The second kappa shape index (κ2) is 11.5. The summed E-state index contributed by atoms with van der Waals surface area (Å²) < 4.78 is 5.53. The van der Waals surface area contributed by atoms with E-state index in [2.05, 4.69) is 83.5 Å². The molecule has 2 heterocycles. The van der Waals surface area contributed by atoms with Crippen LogP contribution >= 0.6 is 0 Å². The summed E-state index contributed by atoms with van der Waals surface area (Å²) in [5.41, 5.74) is 7.31. The minimum absolute atomic E-state index is 0.268. The van der Waals surface area contributed by atoms with E-state index >= 15 is 0 Å². The monoisotopic (exact) mass is 531 g/mol. The van der Waals surface area contributed by atoms with E-state index in [9.17, 15) is 4.79 Å². The van der Waals surface area contributed by atoms with E-state index in [0.29, 0.717) is 6.42 Å². The van der Waals surface area contributed by atoms with Crippen molar-refractivity contribution >= 4 is 33.3 Å². The molecule has 1 aliphatic rings. The fraction of sp³-hybridized carbons (Fsp3) is 0.286. The molecule has 1 amide bonds. The molecule has 1 fully saturated rings. The number of aryl methyl sites for hydroxylation is 2. The molecule has 0 unspecified atom stereocenters. The van der Waals surface area contributed by atoms with Gasteiger partial charge in [0.05, 0.1) is 12.8 Å². The average Bonchev–Trinajstić information content (AvgIpc) is 3.36. The van der Waals surface area contributed by atoms with E-state index in [1.165, 1.54) is 44.1 Å². The molecule has 1 saturated heterocycles. The summed E-state index contributed by atoms with van der Waals surface area (Å²) in [7, 11) is 1.71. The molecule has 5 aromatic rings. The third kappa shape index (κ3) is 5.29. The summed E-state index contributed by atoms with van der Waals surface area (Å²) in [6.45, 7) is 5.32. The molecule has 1 N–H and O–H groups in total. The number of nitrogens with zero attached hydrogens (tertiary/aromatic N) is 2. The normalized spacial score (nSPS) is 13.8. The fourth-order valence-corrected chi connectivity index (χ4v) is 6.04. The van der Waals surface area contributed by atoms with Gasteiger partial charge in [0.15, 0.2) is 0 Å². The standard InChI is InChI=1S/C35H37N3O2/c1-25-15-18-31-30(23-25)29(35(36-31)28-17-16-26-9-3-4-10-27(26)24-28)11-5-8-14-34(39)38-21-19-37(20-22-38)32-12-6-7-13-33(32)40-2/h3-4,6-7,9-10,12-13,15-18,23-24,36H,5,8,11,14,19-22H2,1-2H3. The number of rotatable bonds is 8. The number of aromatic amines is 1. The van der Waals surface area contributed by atoms with Gasteiger partial charge < -0.3 is 19.5 Å². The molecular formula is C35H37N3O2. The molecule has 0 radical (unpaired) electrons. The van der Waals surface area contributed by atoms with Crippen LogP contribution in [-0.4, -0.2) is 49.1 Å². The molecule has 5 nitrogen and oxygen atoms in total. The van der Waals surface area contributed by atoms with Crippen LogP contribution in [0.1, 0.15) is 30.4 Å². The Hall–Kier alpha value is -4.25. The Balaban J connectivity index is 1.10. The molecule has 0 saturated carbocycles. The van der Waals surface area contributed by atoms with E-state index in [0.717, 1.165) is 56.9 Å². The number of benzene rings is 4. The fourth-order valence-electron chi connectivity index (χ4n) is 6.04. The Morgan fingerprint density at radius 3 is 2.45 bits per heavy atom. The Bertz CT molecular complexity index is 1650. The van der Waals surface area contributed by atoms with Gasteiger partial charge in [-0.1, -0.05) is 60.2 Å². The first kappa shape index (κ1) is 26.0.